The molecule has 0 fully saturated rings. The molecule has 3 rings (SSSR count). The molecule has 7 heteroatoms. The normalized spacial score (nSPS) is 11.0. The summed E-state index contributed by atoms with van der Waals surface area (Å²) >= 11 is 0. The third-order valence-corrected chi connectivity index (χ3v) is 5.37. The Bertz CT molecular complexity index is 1000. The van der Waals surface area contributed by atoms with Crippen LogP contribution in [0.3, 0.4) is 0 Å². The van der Waals surface area contributed by atoms with Gasteiger partial charge in [-0.25, -0.2) is 13.4 Å². The van der Waals surface area contributed by atoms with Crippen LogP contribution in [0.1, 0.15) is 12.5 Å². The minimum atomic E-state index is -3.67. The van der Waals surface area contributed by atoms with E-state index in [4.69, 9.17) is 4.74 Å². The van der Waals surface area contributed by atoms with Crippen LogP contribution in [0.2, 0.25) is 0 Å². The molecule has 27 heavy (non-hydrogen) atoms. The van der Waals surface area contributed by atoms with Crippen LogP contribution in [0.5, 0.6) is 5.75 Å². The van der Waals surface area contributed by atoms with Crippen molar-refractivity contribution in [2.24, 2.45) is 0 Å². The third kappa shape index (κ3) is 4.77. The van der Waals surface area contributed by atoms with Crippen LogP contribution in [-0.4, -0.2) is 20.5 Å². The first-order chi connectivity index (χ1) is 13.0. The quantitative estimate of drug-likeness (QED) is 0.639. The lowest BCUT2D eigenvalue weighted by Crippen LogP contribution is -2.13. The van der Waals surface area contributed by atoms with Gasteiger partial charge in [0.1, 0.15) is 11.6 Å². The number of aryl methyl sites for hydroxylation is 1. The molecule has 1 aromatic heterocycles. The number of rotatable bonds is 7. The Morgan fingerprint density at radius 3 is 2.41 bits per heavy atom. The molecule has 0 amide bonds. The monoisotopic (exact) mass is 383 g/mol. The molecule has 0 saturated heterocycles. The zero-order valence-electron chi connectivity index (χ0n) is 15.1. The van der Waals surface area contributed by atoms with Gasteiger partial charge in [-0.05, 0) is 48.4 Å². The van der Waals surface area contributed by atoms with Crippen molar-refractivity contribution in [2.75, 3.05) is 17.1 Å². The summed E-state index contributed by atoms with van der Waals surface area (Å²) in [5, 5.41) is 3.19. The Kier molecular flexibility index (Phi) is 5.61. The van der Waals surface area contributed by atoms with E-state index in [-0.39, 0.29) is 10.7 Å². The molecule has 0 atom stereocenters. The maximum atomic E-state index is 12.5. The van der Waals surface area contributed by atoms with Crippen molar-refractivity contribution in [2.45, 2.75) is 18.2 Å². The maximum absolute atomic E-state index is 12.5. The van der Waals surface area contributed by atoms with E-state index in [2.05, 4.69) is 15.0 Å². The Morgan fingerprint density at radius 1 is 1.00 bits per heavy atom. The van der Waals surface area contributed by atoms with E-state index in [9.17, 15) is 8.42 Å². The Labute approximate surface area is 159 Å². The summed E-state index contributed by atoms with van der Waals surface area (Å²) in [5.41, 5.74) is 2.67. The van der Waals surface area contributed by atoms with Crippen LogP contribution < -0.4 is 14.8 Å². The second-order valence-electron chi connectivity index (χ2n) is 5.89. The highest BCUT2D eigenvalue weighted by Gasteiger charge is 2.14. The number of nitrogens with zero attached hydrogens (tertiary/aromatic N) is 1. The average Bonchev–Trinajstić information content (AvgIpc) is 2.69. The van der Waals surface area contributed by atoms with Crippen molar-refractivity contribution in [1.29, 1.82) is 0 Å². The fourth-order valence-electron chi connectivity index (χ4n) is 2.50. The fraction of sp³-hybridized carbons (Fsp3) is 0.150. The molecule has 0 unspecified atom stereocenters. The van der Waals surface area contributed by atoms with Crippen LogP contribution in [0, 0.1) is 0 Å². The minimum absolute atomic E-state index is 0.208. The van der Waals surface area contributed by atoms with Gasteiger partial charge in [0.15, 0.2) is 0 Å². The largest absolute Gasteiger partial charge is 0.497 e. The number of aromatic nitrogens is 1. The minimum Gasteiger partial charge on any atom is -0.497 e. The van der Waals surface area contributed by atoms with Crippen LogP contribution in [0.4, 0.5) is 17.2 Å². The SMILES string of the molecule is CCc1ccc(S(=O)(=O)Nc2ccc(Nc3cccc(OC)c3)cn2)cc1. The van der Waals surface area contributed by atoms with E-state index in [1.807, 2.05) is 43.3 Å². The summed E-state index contributed by atoms with van der Waals surface area (Å²) in [6, 6.07) is 17.7. The maximum Gasteiger partial charge on any atom is 0.263 e. The highest BCUT2D eigenvalue weighted by Crippen LogP contribution is 2.22. The lowest BCUT2D eigenvalue weighted by molar-refractivity contribution is 0.415. The topological polar surface area (TPSA) is 80.3 Å². The number of hydrogen-bond acceptors (Lipinski definition) is 5. The van der Waals surface area contributed by atoms with Crippen molar-refractivity contribution in [3.63, 3.8) is 0 Å². The second kappa shape index (κ2) is 8.09. The zero-order chi connectivity index (χ0) is 19.3. The molecule has 0 radical (unpaired) electrons. The van der Waals surface area contributed by atoms with Gasteiger partial charge < -0.3 is 10.1 Å². The lowest BCUT2D eigenvalue weighted by atomic mass is 10.2. The molecule has 0 saturated carbocycles. The van der Waals surface area contributed by atoms with Gasteiger partial charge >= 0.3 is 0 Å². The molecule has 3 aromatic rings. The molecule has 0 aliphatic carbocycles. The van der Waals surface area contributed by atoms with Crippen LogP contribution in [0.25, 0.3) is 0 Å². The molecule has 2 aromatic carbocycles. The Hall–Kier alpha value is -3.06. The van der Waals surface area contributed by atoms with E-state index < -0.39 is 10.0 Å². The van der Waals surface area contributed by atoms with Gasteiger partial charge in [0.25, 0.3) is 10.0 Å². The van der Waals surface area contributed by atoms with Crippen molar-refractivity contribution in [3.05, 3.63) is 72.4 Å². The number of anilines is 3. The lowest BCUT2D eigenvalue weighted by Gasteiger charge is -2.10. The molecular weight excluding hydrogens is 362 g/mol. The van der Waals surface area contributed by atoms with Crippen LogP contribution in [0.15, 0.2) is 71.8 Å². The van der Waals surface area contributed by atoms with E-state index in [0.29, 0.717) is 0 Å². The first-order valence-corrected chi connectivity index (χ1v) is 9.97. The van der Waals surface area contributed by atoms with E-state index >= 15 is 0 Å². The summed E-state index contributed by atoms with van der Waals surface area (Å²) in [6.45, 7) is 2.02. The standard InChI is InChI=1S/C20H21N3O3S/c1-3-15-7-10-19(11-8-15)27(24,25)23-20-12-9-17(14-21-20)22-16-5-4-6-18(13-16)26-2/h4-14,22H,3H2,1-2H3,(H,21,23). The third-order valence-electron chi connectivity index (χ3n) is 4.00. The van der Waals surface area contributed by atoms with Crippen LogP contribution in [-0.2, 0) is 16.4 Å². The predicted octanol–water partition coefficient (Wildman–Crippen LogP) is 4.20. The molecule has 140 valence electrons. The van der Waals surface area contributed by atoms with Gasteiger partial charge in [0, 0.05) is 11.8 Å². The van der Waals surface area contributed by atoms with Gasteiger partial charge in [0.05, 0.1) is 23.9 Å². The smallest absolute Gasteiger partial charge is 0.263 e. The molecule has 0 aliphatic rings. The highest BCUT2D eigenvalue weighted by atomic mass is 32.2. The Balaban J connectivity index is 1.70. The van der Waals surface area contributed by atoms with Gasteiger partial charge in [-0.1, -0.05) is 25.1 Å². The Morgan fingerprint density at radius 2 is 1.78 bits per heavy atom. The number of pyridine rings is 1. The van der Waals surface area contributed by atoms with Crippen molar-refractivity contribution in [3.8, 4) is 5.75 Å². The van der Waals surface area contributed by atoms with Gasteiger partial charge in [0.2, 0.25) is 0 Å². The van der Waals surface area contributed by atoms with Crippen LogP contribution >= 0.6 is 0 Å². The number of methoxy groups -OCH3 is 1. The molecule has 0 spiro atoms. The van der Waals surface area contributed by atoms with Gasteiger partial charge in [-0.15, -0.1) is 0 Å². The van der Waals surface area contributed by atoms with Crippen molar-refractivity contribution in [1.82, 2.24) is 4.98 Å². The first kappa shape index (κ1) is 18.7. The average molecular weight is 383 g/mol. The molecule has 6 nitrogen and oxygen atoms in total. The van der Waals surface area contributed by atoms with Crippen molar-refractivity contribution < 1.29 is 13.2 Å². The summed E-state index contributed by atoms with van der Waals surface area (Å²) in [4.78, 5) is 4.39. The highest BCUT2D eigenvalue weighted by molar-refractivity contribution is 7.92. The molecule has 0 aliphatic heterocycles. The number of benzene rings is 2. The second-order valence-corrected chi connectivity index (χ2v) is 7.57. The zero-order valence-corrected chi connectivity index (χ0v) is 16.0. The summed E-state index contributed by atoms with van der Waals surface area (Å²) in [7, 11) is -2.06. The molecular formula is C20H21N3O3S. The molecule has 1 heterocycles. The summed E-state index contributed by atoms with van der Waals surface area (Å²) in [5.74, 6) is 0.997. The molecule has 0 bridgehead atoms. The number of sulfonamides is 1. The predicted molar refractivity (Wildman–Crippen MR) is 107 cm³/mol. The molecule has 2 N–H and O–H groups in total. The number of ether oxygens (including phenoxy) is 1. The van der Waals surface area contributed by atoms with E-state index in [1.165, 1.54) is 0 Å². The number of nitrogens with one attached hydrogen (secondary N) is 2. The summed E-state index contributed by atoms with van der Waals surface area (Å²) < 4.78 is 32.6. The van der Waals surface area contributed by atoms with Crippen molar-refractivity contribution >= 4 is 27.2 Å². The van der Waals surface area contributed by atoms with Gasteiger partial charge in [-0.2, -0.15) is 0 Å². The van der Waals surface area contributed by atoms with E-state index in [0.717, 1.165) is 29.1 Å². The van der Waals surface area contributed by atoms with Gasteiger partial charge in [-0.3, -0.25) is 4.72 Å². The van der Waals surface area contributed by atoms with E-state index in [1.54, 1.807) is 37.6 Å². The summed E-state index contributed by atoms with van der Waals surface area (Å²) in [6.07, 6.45) is 2.43. The first-order valence-electron chi connectivity index (χ1n) is 8.49. The fourth-order valence-corrected chi connectivity index (χ4v) is 3.50. The number of hydrogen-bond donors (Lipinski definition) is 2.